The first-order valence-corrected chi connectivity index (χ1v) is 7.18. The Morgan fingerprint density at radius 3 is 2.71 bits per heavy atom. The number of hydrogen-bond acceptors (Lipinski definition) is 4. The lowest BCUT2D eigenvalue weighted by atomic mass is 10.0. The minimum atomic E-state index is -0.665. The van der Waals surface area contributed by atoms with Crippen LogP contribution in [0.15, 0.2) is 24.3 Å². The summed E-state index contributed by atoms with van der Waals surface area (Å²) in [5.74, 6) is -0.423. The quantitative estimate of drug-likeness (QED) is 0.783. The van der Waals surface area contributed by atoms with Crippen LogP contribution in [-0.4, -0.2) is 36.2 Å². The van der Waals surface area contributed by atoms with Crippen molar-refractivity contribution in [1.82, 2.24) is 4.90 Å². The van der Waals surface area contributed by atoms with Crippen LogP contribution in [0.1, 0.15) is 30.9 Å². The van der Waals surface area contributed by atoms with E-state index >= 15 is 0 Å². The van der Waals surface area contributed by atoms with Gasteiger partial charge in [0.1, 0.15) is 6.10 Å². The molecule has 1 heterocycles. The van der Waals surface area contributed by atoms with Gasteiger partial charge in [0.15, 0.2) is 6.04 Å². The molecule has 1 aliphatic heterocycles. The molecular formula is C16H21NO4. The first-order chi connectivity index (χ1) is 10.1. The maximum Gasteiger partial charge on any atom is 0.411 e. The number of carbonyl (C=O) groups excluding carboxylic acids is 2. The molecule has 0 saturated carbocycles. The van der Waals surface area contributed by atoms with Gasteiger partial charge in [0.05, 0.1) is 13.7 Å². The number of hydrogen-bond donors (Lipinski definition) is 0. The summed E-state index contributed by atoms with van der Waals surface area (Å²) in [4.78, 5) is 25.6. The number of nitrogens with zero attached hydrogens (tertiary/aromatic N) is 1. The van der Waals surface area contributed by atoms with Crippen LogP contribution in [-0.2, 0) is 20.8 Å². The number of carbonyl (C=O) groups is 2. The summed E-state index contributed by atoms with van der Waals surface area (Å²) < 4.78 is 10.2. The van der Waals surface area contributed by atoms with Gasteiger partial charge in [0.2, 0.25) is 0 Å². The molecule has 114 valence electrons. The van der Waals surface area contributed by atoms with E-state index in [-0.39, 0.29) is 0 Å². The van der Waals surface area contributed by atoms with Crippen LogP contribution >= 0.6 is 0 Å². The summed E-state index contributed by atoms with van der Waals surface area (Å²) in [5.41, 5.74) is 2.08. The lowest BCUT2D eigenvalue weighted by Crippen LogP contribution is -2.43. The maximum atomic E-state index is 12.1. The second-order valence-electron chi connectivity index (χ2n) is 5.23. The minimum absolute atomic E-state index is 0.353. The van der Waals surface area contributed by atoms with Crippen molar-refractivity contribution in [1.29, 1.82) is 0 Å². The molecule has 0 aliphatic carbocycles. The van der Waals surface area contributed by atoms with E-state index in [4.69, 9.17) is 9.47 Å². The van der Waals surface area contributed by atoms with Gasteiger partial charge in [-0.25, -0.2) is 9.59 Å². The molecular weight excluding hydrogens is 270 g/mol. The molecule has 1 aromatic rings. The fraction of sp³-hybridized carbons (Fsp3) is 0.500. The van der Waals surface area contributed by atoms with Crippen molar-refractivity contribution in [3.05, 3.63) is 35.4 Å². The zero-order chi connectivity index (χ0) is 15.4. The lowest BCUT2D eigenvalue weighted by Gasteiger charge is -2.22. The predicted molar refractivity (Wildman–Crippen MR) is 77.7 cm³/mol. The summed E-state index contributed by atoms with van der Waals surface area (Å²) in [5, 5.41) is 0. The first kappa shape index (κ1) is 15.4. The highest BCUT2D eigenvalue weighted by molar-refractivity contribution is 5.85. The van der Waals surface area contributed by atoms with Gasteiger partial charge in [-0.1, -0.05) is 37.6 Å². The van der Waals surface area contributed by atoms with Crippen molar-refractivity contribution >= 4 is 12.1 Å². The molecule has 5 nitrogen and oxygen atoms in total. The van der Waals surface area contributed by atoms with Crippen LogP contribution in [0.4, 0.5) is 4.79 Å². The van der Waals surface area contributed by atoms with Gasteiger partial charge in [-0.15, -0.1) is 0 Å². The Kier molecular flexibility index (Phi) is 4.83. The average Bonchev–Trinajstić information content (AvgIpc) is 2.77. The largest absolute Gasteiger partial charge is 0.467 e. The highest BCUT2D eigenvalue weighted by atomic mass is 16.6. The Balaban J connectivity index is 2.24. The van der Waals surface area contributed by atoms with Crippen molar-refractivity contribution in [2.45, 2.75) is 45.4 Å². The molecule has 1 aromatic carbocycles. The third kappa shape index (κ3) is 3.17. The molecule has 0 bridgehead atoms. The predicted octanol–water partition coefficient (Wildman–Crippen LogP) is 2.66. The Hall–Kier alpha value is -2.04. The van der Waals surface area contributed by atoms with Gasteiger partial charge in [-0.3, -0.25) is 4.90 Å². The van der Waals surface area contributed by atoms with E-state index in [0.717, 1.165) is 17.5 Å². The van der Waals surface area contributed by atoms with Crippen molar-refractivity contribution in [3.63, 3.8) is 0 Å². The molecule has 0 aromatic heterocycles. The van der Waals surface area contributed by atoms with Gasteiger partial charge in [0, 0.05) is 0 Å². The van der Waals surface area contributed by atoms with Crippen molar-refractivity contribution < 1.29 is 19.1 Å². The van der Waals surface area contributed by atoms with E-state index in [2.05, 4.69) is 0 Å². The Bertz CT molecular complexity index is 529. The highest BCUT2D eigenvalue weighted by Gasteiger charge is 2.46. The Morgan fingerprint density at radius 1 is 1.38 bits per heavy atom. The number of aryl methyl sites for hydroxylation is 1. The molecule has 2 atom stereocenters. The zero-order valence-electron chi connectivity index (χ0n) is 12.7. The van der Waals surface area contributed by atoms with Crippen LogP contribution in [0.5, 0.6) is 0 Å². The van der Waals surface area contributed by atoms with E-state index in [1.807, 2.05) is 38.1 Å². The third-order valence-electron chi connectivity index (χ3n) is 3.79. The van der Waals surface area contributed by atoms with Crippen LogP contribution in [0.3, 0.4) is 0 Å². The number of benzene rings is 1. The molecule has 0 spiro atoms. The van der Waals surface area contributed by atoms with Crippen molar-refractivity contribution in [2.24, 2.45) is 0 Å². The molecule has 5 heteroatoms. The standard InChI is InChI=1S/C16H21NO4/c1-4-7-13-14(15(18)20-3)17(16(19)21-13)10-12-9-6-5-8-11(12)2/h5-6,8-9,13-14H,4,7,10H2,1-3H3/t13-,14+/m0/s1. The molecule has 0 N–H and O–H groups in total. The van der Waals surface area contributed by atoms with Gasteiger partial charge in [-0.05, 0) is 24.5 Å². The molecule has 1 amide bonds. The van der Waals surface area contributed by atoms with E-state index in [1.54, 1.807) is 0 Å². The van der Waals surface area contributed by atoms with Crippen LogP contribution < -0.4 is 0 Å². The Morgan fingerprint density at radius 2 is 2.10 bits per heavy atom. The van der Waals surface area contributed by atoms with Gasteiger partial charge < -0.3 is 9.47 Å². The topological polar surface area (TPSA) is 55.8 Å². The second kappa shape index (κ2) is 6.61. The number of rotatable bonds is 5. The number of ether oxygens (including phenoxy) is 2. The van der Waals surface area contributed by atoms with E-state index in [9.17, 15) is 9.59 Å². The number of methoxy groups -OCH3 is 1. The zero-order valence-corrected chi connectivity index (χ0v) is 12.7. The molecule has 0 radical (unpaired) electrons. The van der Waals surface area contributed by atoms with E-state index < -0.39 is 24.2 Å². The normalized spacial score (nSPS) is 21.3. The van der Waals surface area contributed by atoms with Crippen molar-refractivity contribution in [2.75, 3.05) is 7.11 Å². The number of cyclic esters (lactones) is 1. The SMILES string of the molecule is CCC[C@@H]1OC(=O)N(Cc2ccccc2C)[C@H]1C(=O)OC. The lowest BCUT2D eigenvalue weighted by molar-refractivity contribution is -0.146. The molecule has 21 heavy (non-hydrogen) atoms. The van der Waals surface area contributed by atoms with Crippen LogP contribution in [0, 0.1) is 6.92 Å². The minimum Gasteiger partial charge on any atom is -0.467 e. The van der Waals surface area contributed by atoms with Crippen molar-refractivity contribution in [3.8, 4) is 0 Å². The molecule has 1 saturated heterocycles. The summed E-state index contributed by atoms with van der Waals surface area (Å²) in [6.45, 7) is 4.32. The summed E-state index contributed by atoms with van der Waals surface area (Å²) in [6, 6.07) is 7.12. The van der Waals surface area contributed by atoms with Crippen LogP contribution in [0.2, 0.25) is 0 Å². The molecule has 1 fully saturated rings. The average molecular weight is 291 g/mol. The van der Waals surface area contributed by atoms with E-state index in [0.29, 0.717) is 13.0 Å². The van der Waals surface area contributed by atoms with Gasteiger partial charge in [-0.2, -0.15) is 0 Å². The fourth-order valence-corrected chi connectivity index (χ4v) is 2.61. The van der Waals surface area contributed by atoms with Gasteiger partial charge >= 0.3 is 12.1 Å². The fourth-order valence-electron chi connectivity index (χ4n) is 2.61. The molecule has 1 aliphatic rings. The summed E-state index contributed by atoms with van der Waals surface area (Å²) in [7, 11) is 1.33. The number of esters is 1. The van der Waals surface area contributed by atoms with Crippen LogP contribution in [0.25, 0.3) is 0 Å². The highest BCUT2D eigenvalue weighted by Crippen LogP contribution is 2.26. The summed E-state index contributed by atoms with van der Waals surface area (Å²) in [6.07, 6.45) is 0.602. The molecule has 2 rings (SSSR count). The third-order valence-corrected chi connectivity index (χ3v) is 3.79. The van der Waals surface area contributed by atoms with E-state index in [1.165, 1.54) is 12.0 Å². The second-order valence-corrected chi connectivity index (χ2v) is 5.23. The first-order valence-electron chi connectivity index (χ1n) is 7.18. The maximum absolute atomic E-state index is 12.1. The van der Waals surface area contributed by atoms with Gasteiger partial charge in [0.25, 0.3) is 0 Å². The Labute approximate surface area is 124 Å². The summed E-state index contributed by atoms with van der Waals surface area (Å²) >= 11 is 0. The number of amides is 1. The smallest absolute Gasteiger partial charge is 0.411 e. The molecule has 0 unspecified atom stereocenters. The monoisotopic (exact) mass is 291 g/mol.